The van der Waals surface area contributed by atoms with Crippen LogP contribution in [-0.4, -0.2) is 11.6 Å². The standard InChI is InChI=1S/C12H6Cl2O2.C2H6/c13-7-1-3-11(14)9(5-7)10-6-8(15)2-4-12(10)16;1-2/h1-6H;1-2H3. The fourth-order valence-corrected chi connectivity index (χ4v) is 1.81. The molecule has 94 valence electrons. The van der Waals surface area contributed by atoms with E-state index in [0.29, 0.717) is 15.6 Å². The summed E-state index contributed by atoms with van der Waals surface area (Å²) in [5, 5.41) is 0.863. The van der Waals surface area contributed by atoms with Crippen molar-refractivity contribution in [2.45, 2.75) is 13.8 Å². The van der Waals surface area contributed by atoms with Crippen molar-refractivity contribution < 1.29 is 9.59 Å². The zero-order chi connectivity index (χ0) is 13.7. The fourth-order valence-electron chi connectivity index (χ4n) is 1.42. The molecule has 0 amide bonds. The van der Waals surface area contributed by atoms with E-state index < -0.39 is 0 Å². The molecule has 0 unspecified atom stereocenters. The van der Waals surface area contributed by atoms with Crippen LogP contribution in [0.15, 0.2) is 36.4 Å². The van der Waals surface area contributed by atoms with Gasteiger partial charge in [-0.05, 0) is 36.4 Å². The van der Waals surface area contributed by atoms with E-state index in [2.05, 4.69) is 0 Å². The first-order valence-corrected chi connectivity index (χ1v) is 6.27. The normalized spacial score (nSPS) is 13.9. The Bertz CT molecular complexity index is 543. The molecule has 0 atom stereocenters. The first-order valence-electron chi connectivity index (χ1n) is 5.51. The maximum Gasteiger partial charge on any atom is 0.186 e. The third-order valence-electron chi connectivity index (χ3n) is 2.17. The number of halogens is 2. The molecule has 0 fully saturated rings. The third-order valence-corrected chi connectivity index (χ3v) is 2.73. The van der Waals surface area contributed by atoms with Gasteiger partial charge in [0.1, 0.15) is 0 Å². The monoisotopic (exact) mass is 282 g/mol. The maximum atomic E-state index is 11.6. The van der Waals surface area contributed by atoms with Gasteiger partial charge in [-0.15, -0.1) is 0 Å². The minimum absolute atomic E-state index is 0.231. The van der Waals surface area contributed by atoms with E-state index in [1.165, 1.54) is 18.2 Å². The van der Waals surface area contributed by atoms with E-state index in [1.54, 1.807) is 18.2 Å². The molecular weight excluding hydrogens is 271 g/mol. The molecule has 1 aromatic carbocycles. The van der Waals surface area contributed by atoms with Crippen LogP contribution in [0.25, 0.3) is 5.57 Å². The van der Waals surface area contributed by atoms with Crippen molar-refractivity contribution in [1.29, 1.82) is 0 Å². The molecule has 0 bridgehead atoms. The summed E-state index contributed by atoms with van der Waals surface area (Å²) in [6, 6.07) is 4.79. The third kappa shape index (κ3) is 3.31. The van der Waals surface area contributed by atoms with E-state index in [9.17, 15) is 9.59 Å². The lowest BCUT2D eigenvalue weighted by molar-refractivity contribution is -0.113. The van der Waals surface area contributed by atoms with Crippen LogP contribution in [0.1, 0.15) is 19.4 Å². The smallest absolute Gasteiger partial charge is 0.186 e. The summed E-state index contributed by atoms with van der Waals surface area (Å²) in [7, 11) is 0. The van der Waals surface area contributed by atoms with Crippen molar-refractivity contribution >= 4 is 40.3 Å². The van der Waals surface area contributed by atoms with Gasteiger partial charge >= 0.3 is 0 Å². The number of rotatable bonds is 1. The van der Waals surface area contributed by atoms with E-state index in [1.807, 2.05) is 13.8 Å². The fraction of sp³-hybridized carbons (Fsp3) is 0.143. The molecule has 2 rings (SSSR count). The molecule has 0 aromatic heterocycles. The van der Waals surface area contributed by atoms with Gasteiger partial charge in [-0.3, -0.25) is 9.59 Å². The van der Waals surface area contributed by atoms with Crippen LogP contribution in [0.3, 0.4) is 0 Å². The minimum Gasteiger partial charge on any atom is -0.290 e. The van der Waals surface area contributed by atoms with Crippen LogP contribution < -0.4 is 0 Å². The molecule has 0 N–H and O–H groups in total. The summed E-state index contributed by atoms with van der Waals surface area (Å²) in [6.45, 7) is 4.00. The predicted octanol–water partition coefficient (Wildman–Crippen LogP) is 4.11. The number of benzene rings is 1. The molecule has 0 spiro atoms. The quantitative estimate of drug-likeness (QED) is 0.727. The second kappa shape index (κ2) is 6.53. The van der Waals surface area contributed by atoms with Gasteiger partial charge in [0.25, 0.3) is 0 Å². The summed E-state index contributed by atoms with van der Waals surface area (Å²) < 4.78 is 0. The van der Waals surface area contributed by atoms with Gasteiger partial charge in [-0.1, -0.05) is 37.0 Å². The molecule has 0 saturated carbocycles. The second-order valence-electron chi connectivity index (χ2n) is 3.28. The van der Waals surface area contributed by atoms with Crippen molar-refractivity contribution in [2.24, 2.45) is 0 Å². The average Bonchev–Trinajstić information content (AvgIpc) is 2.38. The van der Waals surface area contributed by atoms with Gasteiger partial charge in [0.05, 0.1) is 0 Å². The van der Waals surface area contributed by atoms with Crippen LogP contribution in [0.2, 0.25) is 10.0 Å². The number of allylic oxidation sites excluding steroid dienone is 4. The lowest BCUT2D eigenvalue weighted by atomic mass is 9.96. The molecule has 0 saturated heterocycles. The number of carbonyl (C=O) groups excluding carboxylic acids is 2. The molecule has 0 radical (unpaired) electrons. The van der Waals surface area contributed by atoms with Crippen LogP contribution >= 0.6 is 23.2 Å². The maximum absolute atomic E-state index is 11.6. The van der Waals surface area contributed by atoms with Crippen molar-refractivity contribution in [1.82, 2.24) is 0 Å². The highest BCUT2D eigenvalue weighted by Gasteiger charge is 2.17. The Balaban J connectivity index is 0.000000771. The summed E-state index contributed by atoms with van der Waals surface area (Å²) in [6.07, 6.45) is 3.72. The molecule has 1 aliphatic rings. The van der Waals surface area contributed by atoms with E-state index in [4.69, 9.17) is 23.2 Å². The number of hydrogen-bond donors (Lipinski definition) is 0. The van der Waals surface area contributed by atoms with Gasteiger partial charge in [-0.25, -0.2) is 0 Å². The van der Waals surface area contributed by atoms with Crippen LogP contribution in [0, 0.1) is 0 Å². The molecule has 18 heavy (non-hydrogen) atoms. The van der Waals surface area contributed by atoms with Crippen LogP contribution in [0.4, 0.5) is 0 Å². The number of hydrogen-bond acceptors (Lipinski definition) is 2. The second-order valence-corrected chi connectivity index (χ2v) is 4.13. The summed E-state index contributed by atoms with van der Waals surface area (Å²) in [5.74, 6) is -0.477. The van der Waals surface area contributed by atoms with Gasteiger partial charge < -0.3 is 0 Å². The molecule has 2 nitrogen and oxygen atoms in total. The Morgan fingerprint density at radius 2 is 1.67 bits per heavy atom. The first kappa shape index (κ1) is 14.7. The zero-order valence-corrected chi connectivity index (χ0v) is 11.5. The topological polar surface area (TPSA) is 34.1 Å². The van der Waals surface area contributed by atoms with E-state index >= 15 is 0 Å². The number of carbonyl (C=O) groups is 2. The Labute approximate surface area is 116 Å². The molecule has 4 heteroatoms. The lowest BCUT2D eigenvalue weighted by Crippen LogP contribution is -2.06. The predicted molar refractivity (Wildman–Crippen MR) is 74.9 cm³/mol. The lowest BCUT2D eigenvalue weighted by Gasteiger charge is -2.09. The molecule has 0 heterocycles. The van der Waals surface area contributed by atoms with Gasteiger partial charge in [0.2, 0.25) is 0 Å². The Hall–Kier alpha value is -1.38. The van der Waals surface area contributed by atoms with Crippen molar-refractivity contribution in [3.05, 3.63) is 52.0 Å². The van der Waals surface area contributed by atoms with Gasteiger partial charge in [0.15, 0.2) is 11.6 Å². The van der Waals surface area contributed by atoms with Crippen LogP contribution in [0.5, 0.6) is 0 Å². The SMILES string of the molecule is CC.O=C1C=CC(=O)C(c2cc(Cl)ccc2Cl)=C1. The van der Waals surface area contributed by atoms with E-state index in [0.717, 1.165) is 0 Å². The first-order chi connectivity index (χ1) is 8.58. The molecular formula is C14H12Cl2O2. The van der Waals surface area contributed by atoms with Crippen molar-refractivity contribution in [3.63, 3.8) is 0 Å². The Morgan fingerprint density at radius 3 is 2.33 bits per heavy atom. The van der Waals surface area contributed by atoms with Crippen molar-refractivity contribution in [2.75, 3.05) is 0 Å². The van der Waals surface area contributed by atoms with E-state index in [-0.39, 0.29) is 17.1 Å². The van der Waals surface area contributed by atoms with Gasteiger partial charge in [-0.2, -0.15) is 0 Å². The number of ketones is 2. The highest BCUT2D eigenvalue weighted by molar-refractivity contribution is 6.40. The molecule has 0 aliphatic heterocycles. The largest absolute Gasteiger partial charge is 0.290 e. The molecule has 1 aliphatic carbocycles. The molecule has 1 aromatic rings. The Morgan fingerprint density at radius 1 is 1.00 bits per heavy atom. The van der Waals surface area contributed by atoms with Crippen LogP contribution in [-0.2, 0) is 9.59 Å². The summed E-state index contributed by atoms with van der Waals surface area (Å²) in [5.41, 5.74) is 0.761. The average molecular weight is 283 g/mol. The minimum atomic E-state index is -0.247. The van der Waals surface area contributed by atoms with Crippen molar-refractivity contribution in [3.8, 4) is 0 Å². The Kier molecular flexibility index (Phi) is 5.32. The highest BCUT2D eigenvalue weighted by atomic mass is 35.5. The highest BCUT2D eigenvalue weighted by Crippen LogP contribution is 2.29. The van der Waals surface area contributed by atoms with Gasteiger partial charge in [0, 0.05) is 21.2 Å². The summed E-state index contributed by atoms with van der Waals surface area (Å²) in [4.78, 5) is 22.8. The summed E-state index contributed by atoms with van der Waals surface area (Å²) >= 11 is 11.8. The zero-order valence-electron chi connectivity index (χ0n) is 10.0.